The maximum Gasteiger partial charge on any atom is 0.267 e. The number of rotatable bonds is 8. The molecule has 0 aliphatic carbocycles. The number of halogens is 2. The summed E-state index contributed by atoms with van der Waals surface area (Å²) in [5, 5.41) is 15.0. The summed E-state index contributed by atoms with van der Waals surface area (Å²) in [4.78, 5) is 21.5. The van der Waals surface area contributed by atoms with Gasteiger partial charge in [-0.25, -0.2) is 0 Å². The van der Waals surface area contributed by atoms with Gasteiger partial charge in [0.25, 0.3) is 5.91 Å². The normalized spacial score (nSPS) is 17.9. The first-order valence-electron chi connectivity index (χ1n) is 15.0. The molecule has 6 rings (SSSR count). The van der Waals surface area contributed by atoms with E-state index in [0.29, 0.717) is 18.3 Å². The molecule has 0 bridgehead atoms. The van der Waals surface area contributed by atoms with Gasteiger partial charge in [-0.1, -0.05) is 6.07 Å². The first kappa shape index (κ1) is 33.1. The zero-order valence-electron chi connectivity index (χ0n) is 25.2. The number of ether oxygens (including phenoxy) is 1. The number of aromatic nitrogens is 1. The molecule has 10 heteroatoms. The maximum absolute atomic E-state index is 13.2. The number of H-pyrrole nitrogens is 1. The molecule has 8 nitrogen and oxygen atoms in total. The largest absolute Gasteiger partial charge is 0.488 e. The number of furan rings is 1. The van der Waals surface area contributed by atoms with Gasteiger partial charge < -0.3 is 29.5 Å². The number of hydrogen-bond acceptors (Lipinski definition) is 6. The summed E-state index contributed by atoms with van der Waals surface area (Å²) in [6.07, 6.45) is 5.28. The Morgan fingerprint density at radius 2 is 1.77 bits per heavy atom. The lowest BCUT2D eigenvalue weighted by atomic mass is 10.0. The van der Waals surface area contributed by atoms with E-state index in [0.717, 1.165) is 91.6 Å². The van der Waals surface area contributed by atoms with E-state index < -0.39 is 0 Å². The van der Waals surface area contributed by atoms with E-state index in [1.807, 2.05) is 24.3 Å². The number of benzene rings is 2. The SMILES string of the molecule is Cc1cc2occ(COc3cccc4[nH]c(C(=O)NC5CCN(C[C@H](C)N6CCC(O)CC6)CC5)cc34)c2cc1C.Cl.Cl. The summed E-state index contributed by atoms with van der Waals surface area (Å²) in [6.45, 7) is 11.8. The smallest absolute Gasteiger partial charge is 0.267 e. The monoisotopic (exact) mass is 630 g/mol. The quantitative estimate of drug-likeness (QED) is 0.221. The third-order valence-electron chi connectivity index (χ3n) is 9.09. The van der Waals surface area contributed by atoms with Crippen LogP contribution in [0.15, 0.2) is 47.1 Å². The second kappa shape index (κ2) is 14.4. The van der Waals surface area contributed by atoms with E-state index in [-0.39, 0.29) is 42.9 Å². The van der Waals surface area contributed by atoms with E-state index >= 15 is 0 Å². The summed E-state index contributed by atoms with van der Waals surface area (Å²) in [7, 11) is 0. The van der Waals surface area contributed by atoms with Crippen molar-refractivity contribution in [1.29, 1.82) is 0 Å². The number of fused-ring (bicyclic) bond motifs is 2. The van der Waals surface area contributed by atoms with E-state index in [9.17, 15) is 9.90 Å². The summed E-state index contributed by atoms with van der Waals surface area (Å²) in [5.74, 6) is 0.666. The zero-order chi connectivity index (χ0) is 28.5. The van der Waals surface area contributed by atoms with Gasteiger partial charge >= 0.3 is 0 Å². The van der Waals surface area contributed by atoms with Gasteiger partial charge in [0.2, 0.25) is 0 Å². The van der Waals surface area contributed by atoms with Gasteiger partial charge in [0.15, 0.2) is 0 Å². The van der Waals surface area contributed by atoms with Crippen LogP contribution in [0, 0.1) is 13.8 Å². The van der Waals surface area contributed by atoms with E-state index in [1.165, 1.54) is 11.1 Å². The standard InChI is InChI=1S/C33H42N4O4.2ClH/c1-21-15-27-24(20-41-32(27)16-22(21)2)19-40-31-6-4-5-29-28(31)17-30(35-29)33(39)34-25-7-11-36(12-8-25)18-23(3)37-13-9-26(38)10-14-37;;/h4-6,15-17,20,23,25-26,35,38H,7-14,18-19H2,1-3H3,(H,34,39);2*1H/t23-;;/m0../s1. The Balaban J connectivity index is 0.00000212. The Hall–Kier alpha value is -2.75. The molecule has 2 fully saturated rings. The molecule has 0 saturated carbocycles. The number of piperidine rings is 2. The summed E-state index contributed by atoms with van der Waals surface area (Å²) >= 11 is 0. The molecule has 0 unspecified atom stereocenters. The minimum absolute atomic E-state index is 0. The van der Waals surface area contributed by atoms with Gasteiger partial charge in [-0.05, 0) is 87.9 Å². The van der Waals surface area contributed by atoms with E-state index in [2.05, 4.69) is 53.0 Å². The lowest BCUT2D eigenvalue weighted by molar-refractivity contribution is 0.0497. The number of aliphatic hydroxyl groups is 1. The number of aromatic amines is 1. The first-order valence-corrected chi connectivity index (χ1v) is 15.0. The van der Waals surface area contributed by atoms with Crippen LogP contribution in [0.25, 0.3) is 21.9 Å². The molecule has 2 saturated heterocycles. The van der Waals surface area contributed by atoms with Gasteiger partial charge in [0, 0.05) is 66.7 Å². The number of likely N-dealkylation sites (tertiary alicyclic amines) is 2. The van der Waals surface area contributed by atoms with Crippen molar-refractivity contribution in [2.75, 3.05) is 32.7 Å². The highest BCUT2D eigenvalue weighted by Gasteiger charge is 2.26. The molecule has 2 aromatic heterocycles. The number of aliphatic hydroxyl groups excluding tert-OH is 1. The number of aryl methyl sites for hydroxylation is 2. The fourth-order valence-electron chi connectivity index (χ4n) is 6.32. The van der Waals surface area contributed by atoms with Crippen molar-refractivity contribution in [2.45, 2.75) is 71.2 Å². The summed E-state index contributed by atoms with van der Waals surface area (Å²) in [6, 6.07) is 12.6. The van der Waals surface area contributed by atoms with Crippen molar-refractivity contribution in [3.05, 3.63) is 65.0 Å². The van der Waals surface area contributed by atoms with Crippen molar-refractivity contribution in [3.8, 4) is 5.75 Å². The van der Waals surface area contributed by atoms with E-state index in [4.69, 9.17) is 9.15 Å². The van der Waals surface area contributed by atoms with Crippen LogP contribution in [0.4, 0.5) is 0 Å². The molecule has 1 amide bonds. The van der Waals surface area contributed by atoms with Crippen LogP contribution in [0.5, 0.6) is 5.75 Å². The highest BCUT2D eigenvalue weighted by atomic mass is 35.5. The third kappa shape index (κ3) is 7.49. The number of nitrogens with zero attached hydrogens (tertiary/aromatic N) is 2. The van der Waals surface area contributed by atoms with Crippen LogP contribution < -0.4 is 10.1 Å². The molecule has 3 N–H and O–H groups in total. The van der Waals surface area contributed by atoms with Gasteiger partial charge in [-0.3, -0.25) is 9.69 Å². The van der Waals surface area contributed by atoms with Gasteiger partial charge in [0.05, 0.1) is 12.4 Å². The molecule has 0 radical (unpaired) electrons. The Morgan fingerprint density at radius 3 is 2.51 bits per heavy atom. The average molecular weight is 632 g/mol. The Morgan fingerprint density at radius 1 is 1.05 bits per heavy atom. The maximum atomic E-state index is 13.2. The molecular weight excluding hydrogens is 587 g/mol. The fourth-order valence-corrected chi connectivity index (χ4v) is 6.32. The molecule has 1 atom stereocenters. The fraction of sp³-hybridized carbons (Fsp3) is 0.485. The number of nitrogens with one attached hydrogen (secondary N) is 2. The predicted molar refractivity (Wildman–Crippen MR) is 176 cm³/mol. The highest BCUT2D eigenvalue weighted by Crippen LogP contribution is 2.30. The van der Waals surface area contributed by atoms with Crippen LogP contribution in [0.2, 0.25) is 0 Å². The lowest BCUT2D eigenvalue weighted by Crippen LogP contribution is -2.50. The molecule has 2 aliphatic heterocycles. The van der Waals surface area contributed by atoms with Gasteiger partial charge in [-0.2, -0.15) is 0 Å². The van der Waals surface area contributed by atoms with Crippen molar-refractivity contribution in [3.63, 3.8) is 0 Å². The topological polar surface area (TPSA) is 94.0 Å². The Labute approximate surface area is 265 Å². The van der Waals surface area contributed by atoms with Crippen molar-refractivity contribution in [2.24, 2.45) is 0 Å². The Kier molecular flexibility index (Phi) is 11.1. The minimum Gasteiger partial charge on any atom is -0.488 e. The zero-order valence-corrected chi connectivity index (χ0v) is 26.9. The van der Waals surface area contributed by atoms with Crippen molar-refractivity contribution >= 4 is 52.6 Å². The van der Waals surface area contributed by atoms with Crippen LogP contribution in [-0.2, 0) is 6.61 Å². The summed E-state index contributed by atoms with van der Waals surface area (Å²) in [5.41, 5.74) is 5.74. The summed E-state index contributed by atoms with van der Waals surface area (Å²) < 4.78 is 12.0. The molecule has 4 aromatic rings. The van der Waals surface area contributed by atoms with Crippen molar-refractivity contribution < 1.29 is 19.1 Å². The average Bonchev–Trinajstić information content (AvgIpc) is 3.58. The van der Waals surface area contributed by atoms with Crippen LogP contribution in [-0.4, -0.2) is 76.7 Å². The number of hydrogen-bond donors (Lipinski definition) is 3. The molecule has 4 heterocycles. The lowest BCUT2D eigenvalue weighted by Gasteiger charge is -2.39. The Bertz CT molecular complexity index is 1520. The molecule has 43 heavy (non-hydrogen) atoms. The molecule has 234 valence electrons. The highest BCUT2D eigenvalue weighted by molar-refractivity contribution is 5.99. The van der Waals surface area contributed by atoms with Crippen molar-refractivity contribution in [1.82, 2.24) is 20.1 Å². The first-order chi connectivity index (χ1) is 19.8. The molecular formula is C33H44Cl2N4O4. The molecule has 0 spiro atoms. The molecule has 2 aliphatic rings. The molecule has 2 aromatic carbocycles. The van der Waals surface area contributed by atoms with Gasteiger partial charge in [0.1, 0.15) is 23.6 Å². The number of amides is 1. The second-order valence-corrected chi connectivity index (χ2v) is 12.0. The van der Waals surface area contributed by atoms with Gasteiger partial charge in [-0.15, -0.1) is 24.8 Å². The van der Waals surface area contributed by atoms with Crippen LogP contribution in [0.3, 0.4) is 0 Å². The predicted octanol–water partition coefficient (Wildman–Crippen LogP) is 5.99. The minimum atomic E-state index is -0.133. The van der Waals surface area contributed by atoms with E-state index in [1.54, 1.807) is 6.26 Å². The second-order valence-electron chi connectivity index (χ2n) is 12.0. The number of carbonyl (C=O) groups excluding carboxylic acids is 1. The van der Waals surface area contributed by atoms with Crippen LogP contribution in [0.1, 0.15) is 59.8 Å². The van der Waals surface area contributed by atoms with Crippen LogP contribution >= 0.6 is 24.8 Å². The third-order valence-corrected chi connectivity index (χ3v) is 9.09. The number of carbonyl (C=O) groups is 1.